The van der Waals surface area contributed by atoms with Crippen LogP contribution in [0.1, 0.15) is 88.3 Å². The van der Waals surface area contributed by atoms with Gasteiger partial charge in [0.05, 0.1) is 0 Å². The Morgan fingerprint density at radius 1 is 1.04 bits per heavy atom. The molecular weight excluding hydrogens is 340 g/mol. The minimum Gasteiger partial charge on any atom is -0.300 e. The zero-order valence-corrected chi connectivity index (χ0v) is 19.3. The molecule has 2 nitrogen and oxygen atoms in total. The molecule has 2 aliphatic rings. The van der Waals surface area contributed by atoms with E-state index in [0.29, 0.717) is 0 Å². The first kappa shape index (κ1) is 21.8. The molecule has 3 rings (SSSR count). The van der Waals surface area contributed by atoms with Gasteiger partial charge in [-0.05, 0) is 108 Å². The SMILES string of the molecule is CCCCc1ccc(C2(N(C)C)CCC(N3CCC(CC)CC3)CC2)c(C)c1. The molecule has 1 heterocycles. The van der Waals surface area contributed by atoms with Crippen molar-refractivity contribution in [1.29, 1.82) is 0 Å². The van der Waals surface area contributed by atoms with Crippen molar-refractivity contribution in [1.82, 2.24) is 9.80 Å². The first-order chi connectivity index (χ1) is 13.5. The van der Waals surface area contributed by atoms with Crippen LogP contribution in [0.5, 0.6) is 0 Å². The third kappa shape index (κ3) is 4.65. The molecule has 0 bridgehead atoms. The highest BCUT2D eigenvalue weighted by Crippen LogP contribution is 2.44. The molecule has 0 amide bonds. The number of aryl methyl sites for hydroxylation is 2. The molecule has 0 aromatic heterocycles. The standard InChI is InChI=1S/C26H44N2/c1-6-8-9-23-10-11-25(21(3)20-23)26(27(4)5)16-12-24(13-17-26)28-18-14-22(7-2)15-19-28/h10-11,20,22,24H,6-9,12-19H2,1-5H3. The number of nitrogens with zero attached hydrogens (tertiary/aromatic N) is 2. The van der Waals surface area contributed by atoms with Gasteiger partial charge in [-0.3, -0.25) is 4.90 Å². The van der Waals surface area contributed by atoms with Crippen molar-refractivity contribution < 1.29 is 0 Å². The lowest BCUT2D eigenvalue weighted by molar-refractivity contribution is 0.0351. The molecule has 2 fully saturated rings. The molecule has 0 spiro atoms. The number of likely N-dealkylation sites (tertiary alicyclic amines) is 1. The minimum absolute atomic E-state index is 0.228. The molecule has 0 N–H and O–H groups in total. The lowest BCUT2D eigenvalue weighted by atomic mass is 9.72. The van der Waals surface area contributed by atoms with Crippen LogP contribution in [0.25, 0.3) is 0 Å². The van der Waals surface area contributed by atoms with E-state index in [0.717, 1.165) is 12.0 Å². The van der Waals surface area contributed by atoms with Crippen molar-refractivity contribution in [2.45, 2.75) is 96.6 Å². The number of benzene rings is 1. The van der Waals surface area contributed by atoms with Crippen LogP contribution >= 0.6 is 0 Å². The van der Waals surface area contributed by atoms with Gasteiger partial charge in [0.1, 0.15) is 0 Å². The van der Waals surface area contributed by atoms with E-state index in [9.17, 15) is 0 Å². The topological polar surface area (TPSA) is 6.48 Å². The van der Waals surface area contributed by atoms with Gasteiger partial charge in [-0.1, -0.05) is 44.9 Å². The predicted octanol–water partition coefficient (Wildman–Crippen LogP) is 6.16. The van der Waals surface area contributed by atoms with Crippen molar-refractivity contribution in [3.8, 4) is 0 Å². The maximum atomic E-state index is 2.83. The minimum atomic E-state index is 0.228. The van der Waals surface area contributed by atoms with Crippen LogP contribution in [0.15, 0.2) is 18.2 Å². The van der Waals surface area contributed by atoms with Gasteiger partial charge in [-0.2, -0.15) is 0 Å². The summed E-state index contributed by atoms with van der Waals surface area (Å²) in [6.45, 7) is 9.66. The fourth-order valence-corrected chi connectivity index (χ4v) is 5.91. The van der Waals surface area contributed by atoms with Gasteiger partial charge >= 0.3 is 0 Å². The zero-order valence-electron chi connectivity index (χ0n) is 19.3. The molecule has 0 radical (unpaired) electrons. The highest BCUT2D eigenvalue weighted by Gasteiger charge is 2.41. The van der Waals surface area contributed by atoms with E-state index in [1.165, 1.54) is 88.4 Å². The molecular formula is C26H44N2. The molecule has 0 unspecified atom stereocenters. The van der Waals surface area contributed by atoms with E-state index in [4.69, 9.17) is 0 Å². The summed E-state index contributed by atoms with van der Waals surface area (Å²) in [5, 5.41) is 0. The molecule has 1 saturated heterocycles. The average molecular weight is 385 g/mol. The third-order valence-electron chi connectivity index (χ3n) is 7.99. The maximum Gasteiger partial charge on any atom is 0.0458 e. The van der Waals surface area contributed by atoms with Crippen LogP contribution in [0.4, 0.5) is 0 Å². The lowest BCUT2D eigenvalue weighted by Gasteiger charge is -2.49. The van der Waals surface area contributed by atoms with E-state index in [2.05, 4.69) is 62.9 Å². The normalized spacial score (nSPS) is 27.4. The highest BCUT2D eigenvalue weighted by molar-refractivity contribution is 5.37. The first-order valence-corrected chi connectivity index (χ1v) is 12.0. The molecule has 1 aromatic rings. The van der Waals surface area contributed by atoms with Crippen LogP contribution in [-0.2, 0) is 12.0 Å². The fourth-order valence-electron chi connectivity index (χ4n) is 5.91. The van der Waals surface area contributed by atoms with E-state index >= 15 is 0 Å². The maximum absolute atomic E-state index is 2.83. The second-order valence-electron chi connectivity index (χ2n) is 9.80. The van der Waals surface area contributed by atoms with Gasteiger partial charge in [-0.15, -0.1) is 0 Å². The van der Waals surface area contributed by atoms with Gasteiger partial charge in [0.25, 0.3) is 0 Å². The highest BCUT2D eigenvalue weighted by atomic mass is 15.2. The van der Waals surface area contributed by atoms with E-state index < -0.39 is 0 Å². The van der Waals surface area contributed by atoms with Crippen LogP contribution < -0.4 is 0 Å². The molecule has 2 heteroatoms. The Morgan fingerprint density at radius 3 is 2.25 bits per heavy atom. The number of unbranched alkanes of at least 4 members (excludes halogenated alkanes) is 1. The lowest BCUT2D eigenvalue weighted by Crippen LogP contribution is -2.50. The predicted molar refractivity (Wildman–Crippen MR) is 122 cm³/mol. The molecule has 1 saturated carbocycles. The molecule has 1 aliphatic carbocycles. The van der Waals surface area contributed by atoms with Crippen molar-refractivity contribution in [2.24, 2.45) is 5.92 Å². The Labute approximate surface area is 174 Å². The second-order valence-corrected chi connectivity index (χ2v) is 9.80. The molecule has 158 valence electrons. The summed E-state index contributed by atoms with van der Waals surface area (Å²) in [7, 11) is 4.61. The zero-order chi connectivity index (χ0) is 20.1. The largest absolute Gasteiger partial charge is 0.300 e. The number of hydrogen-bond acceptors (Lipinski definition) is 2. The van der Waals surface area contributed by atoms with Gasteiger partial charge in [0.15, 0.2) is 0 Å². The fraction of sp³-hybridized carbons (Fsp3) is 0.769. The summed E-state index contributed by atoms with van der Waals surface area (Å²) in [6.07, 6.45) is 13.3. The van der Waals surface area contributed by atoms with Crippen LogP contribution in [0, 0.1) is 12.8 Å². The van der Waals surface area contributed by atoms with E-state index in [-0.39, 0.29) is 5.54 Å². The Morgan fingerprint density at radius 2 is 1.71 bits per heavy atom. The van der Waals surface area contributed by atoms with Gasteiger partial charge < -0.3 is 4.90 Å². The van der Waals surface area contributed by atoms with E-state index in [1.807, 2.05) is 0 Å². The summed E-state index contributed by atoms with van der Waals surface area (Å²) in [6, 6.07) is 8.16. The van der Waals surface area contributed by atoms with Crippen LogP contribution in [0.3, 0.4) is 0 Å². The van der Waals surface area contributed by atoms with Gasteiger partial charge in [0.2, 0.25) is 0 Å². The van der Waals surface area contributed by atoms with Gasteiger partial charge in [0, 0.05) is 11.6 Å². The van der Waals surface area contributed by atoms with Crippen molar-refractivity contribution in [3.63, 3.8) is 0 Å². The number of hydrogen-bond donors (Lipinski definition) is 0. The summed E-state index contributed by atoms with van der Waals surface area (Å²) in [5.74, 6) is 0.981. The Balaban J connectivity index is 1.69. The quantitative estimate of drug-likeness (QED) is 0.555. The molecule has 1 aliphatic heterocycles. The molecule has 28 heavy (non-hydrogen) atoms. The van der Waals surface area contributed by atoms with E-state index in [1.54, 1.807) is 5.56 Å². The Hall–Kier alpha value is -0.860. The summed E-state index contributed by atoms with van der Waals surface area (Å²) < 4.78 is 0. The van der Waals surface area contributed by atoms with Crippen molar-refractivity contribution >= 4 is 0 Å². The smallest absolute Gasteiger partial charge is 0.0458 e. The molecule has 0 atom stereocenters. The first-order valence-electron chi connectivity index (χ1n) is 12.0. The van der Waals surface area contributed by atoms with Gasteiger partial charge in [-0.25, -0.2) is 0 Å². The summed E-state index contributed by atoms with van der Waals surface area (Å²) in [5.41, 5.74) is 4.83. The van der Waals surface area contributed by atoms with Crippen LogP contribution in [0.2, 0.25) is 0 Å². The third-order valence-corrected chi connectivity index (χ3v) is 7.99. The second kappa shape index (κ2) is 9.76. The Kier molecular flexibility index (Phi) is 7.61. The summed E-state index contributed by atoms with van der Waals surface area (Å²) >= 11 is 0. The number of piperidine rings is 1. The number of rotatable bonds is 7. The van der Waals surface area contributed by atoms with Crippen LogP contribution in [-0.4, -0.2) is 43.0 Å². The average Bonchev–Trinajstić information content (AvgIpc) is 2.72. The molecule has 1 aromatic carbocycles. The van der Waals surface area contributed by atoms with Crippen molar-refractivity contribution in [2.75, 3.05) is 27.2 Å². The summed E-state index contributed by atoms with van der Waals surface area (Å²) in [4.78, 5) is 5.35. The monoisotopic (exact) mass is 384 g/mol. The Bertz CT molecular complexity index is 605. The van der Waals surface area contributed by atoms with Crippen molar-refractivity contribution in [3.05, 3.63) is 34.9 Å².